The Morgan fingerprint density at radius 2 is 1.61 bits per heavy atom. The third kappa shape index (κ3) is 3.06. The smallest absolute Gasteiger partial charge is 0.0261 e. The Morgan fingerprint density at radius 1 is 0.889 bits per heavy atom. The molecular formula is C15H29N3. The highest BCUT2D eigenvalue weighted by atomic mass is 15.2. The molecule has 1 N–H and O–H groups in total. The van der Waals surface area contributed by atoms with Crippen molar-refractivity contribution in [2.24, 2.45) is 5.92 Å². The van der Waals surface area contributed by atoms with Crippen LogP contribution in [0.1, 0.15) is 38.5 Å². The molecule has 3 fully saturated rings. The molecule has 0 saturated carbocycles. The fraction of sp³-hybridized carbons (Fsp3) is 1.00. The number of nitrogens with zero attached hydrogens (tertiary/aromatic N) is 2. The van der Waals surface area contributed by atoms with Gasteiger partial charge in [0.15, 0.2) is 0 Å². The van der Waals surface area contributed by atoms with E-state index in [9.17, 15) is 0 Å². The van der Waals surface area contributed by atoms with Crippen molar-refractivity contribution in [3.63, 3.8) is 0 Å². The molecule has 0 bridgehead atoms. The summed E-state index contributed by atoms with van der Waals surface area (Å²) in [5, 5.41) is 3.62. The van der Waals surface area contributed by atoms with E-state index in [0.717, 1.165) is 12.0 Å². The highest BCUT2D eigenvalue weighted by Crippen LogP contribution is 2.24. The standard InChI is InChI=1S/C15H29N3/c1-2-8-17(9-3-1)13-14-6-7-16-12-15(14)18-10-4-5-11-18/h14-16H,1-13H2. The minimum Gasteiger partial charge on any atom is -0.315 e. The van der Waals surface area contributed by atoms with Gasteiger partial charge in [-0.2, -0.15) is 0 Å². The Bertz CT molecular complexity index is 244. The first-order valence-corrected chi connectivity index (χ1v) is 8.10. The molecule has 0 aromatic rings. The van der Waals surface area contributed by atoms with Crippen molar-refractivity contribution < 1.29 is 0 Å². The Balaban J connectivity index is 1.56. The van der Waals surface area contributed by atoms with Gasteiger partial charge in [0.25, 0.3) is 0 Å². The molecule has 3 saturated heterocycles. The molecule has 0 spiro atoms. The molecule has 3 rings (SSSR count). The molecule has 0 aliphatic carbocycles. The Morgan fingerprint density at radius 3 is 2.39 bits per heavy atom. The molecule has 2 atom stereocenters. The molecule has 3 nitrogen and oxygen atoms in total. The maximum absolute atomic E-state index is 3.62. The van der Waals surface area contributed by atoms with E-state index < -0.39 is 0 Å². The van der Waals surface area contributed by atoms with E-state index >= 15 is 0 Å². The van der Waals surface area contributed by atoms with Crippen LogP contribution in [0, 0.1) is 5.92 Å². The van der Waals surface area contributed by atoms with Crippen LogP contribution in [0.15, 0.2) is 0 Å². The molecule has 3 heterocycles. The molecule has 0 aromatic heterocycles. The SMILES string of the molecule is C1CCN(CC2CCNCC2N2CCCC2)CC1. The van der Waals surface area contributed by atoms with Crippen molar-refractivity contribution in [1.82, 2.24) is 15.1 Å². The summed E-state index contributed by atoms with van der Waals surface area (Å²) in [5.74, 6) is 0.919. The highest BCUT2D eigenvalue weighted by Gasteiger charge is 2.32. The Hall–Kier alpha value is -0.120. The second-order valence-corrected chi connectivity index (χ2v) is 6.42. The molecule has 0 amide bonds. The van der Waals surface area contributed by atoms with Crippen LogP contribution in [0.5, 0.6) is 0 Å². The van der Waals surface area contributed by atoms with Gasteiger partial charge in [-0.25, -0.2) is 0 Å². The normalized spacial score (nSPS) is 36.0. The fourth-order valence-corrected chi connectivity index (χ4v) is 4.08. The molecule has 0 aromatic carbocycles. The van der Waals surface area contributed by atoms with Gasteiger partial charge in [-0.1, -0.05) is 6.42 Å². The second kappa shape index (κ2) is 6.36. The third-order valence-corrected chi connectivity index (χ3v) is 5.14. The van der Waals surface area contributed by atoms with Gasteiger partial charge in [0.2, 0.25) is 0 Å². The van der Waals surface area contributed by atoms with Gasteiger partial charge in [0.05, 0.1) is 0 Å². The van der Waals surface area contributed by atoms with Crippen LogP contribution < -0.4 is 5.32 Å². The first-order chi connectivity index (χ1) is 8.93. The average Bonchev–Trinajstić information content (AvgIpc) is 2.94. The summed E-state index contributed by atoms with van der Waals surface area (Å²) in [7, 11) is 0. The summed E-state index contributed by atoms with van der Waals surface area (Å²) in [6.07, 6.45) is 8.55. The van der Waals surface area contributed by atoms with Gasteiger partial charge in [0, 0.05) is 19.1 Å². The van der Waals surface area contributed by atoms with Crippen LogP contribution >= 0.6 is 0 Å². The molecule has 0 radical (unpaired) electrons. The van der Waals surface area contributed by atoms with Crippen molar-refractivity contribution >= 4 is 0 Å². The predicted molar refractivity (Wildman–Crippen MR) is 75.9 cm³/mol. The minimum atomic E-state index is 0.822. The topological polar surface area (TPSA) is 18.5 Å². The van der Waals surface area contributed by atoms with E-state index in [1.807, 2.05) is 0 Å². The van der Waals surface area contributed by atoms with Gasteiger partial charge in [-0.15, -0.1) is 0 Å². The maximum atomic E-state index is 3.62. The molecule has 2 unspecified atom stereocenters. The van der Waals surface area contributed by atoms with Gasteiger partial charge in [-0.3, -0.25) is 4.90 Å². The number of likely N-dealkylation sites (tertiary alicyclic amines) is 2. The average molecular weight is 251 g/mol. The minimum absolute atomic E-state index is 0.822. The first kappa shape index (κ1) is 12.9. The number of nitrogens with one attached hydrogen (secondary N) is 1. The molecular weight excluding hydrogens is 222 g/mol. The maximum Gasteiger partial charge on any atom is 0.0261 e. The summed E-state index contributed by atoms with van der Waals surface area (Å²) in [5.41, 5.74) is 0. The van der Waals surface area contributed by atoms with Gasteiger partial charge >= 0.3 is 0 Å². The predicted octanol–water partition coefficient (Wildman–Crippen LogP) is 1.55. The zero-order chi connectivity index (χ0) is 12.2. The molecule has 3 heteroatoms. The molecule has 3 aliphatic heterocycles. The Kier molecular flexibility index (Phi) is 4.55. The number of rotatable bonds is 3. The zero-order valence-electron chi connectivity index (χ0n) is 11.7. The molecule has 3 aliphatic rings. The van der Waals surface area contributed by atoms with E-state index in [4.69, 9.17) is 0 Å². The Labute approximate surface area is 112 Å². The number of piperidine rings is 2. The van der Waals surface area contributed by atoms with Gasteiger partial charge in [-0.05, 0) is 70.7 Å². The molecule has 104 valence electrons. The van der Waals surface area contributed by atoms with Crippen LogP contribution in [-0.4, -0.2) is 61.7 Å². The van der Waals surface area contributed by atoms with Crippen LogP contribution in [0.25, 0.3) is 0 Å². The van der Waals surface area contributed by atoms with Gasteiger partial charge < -0.3 is 10.2 Å². The van der Waals surface area contributed by atoms with E-state index in [1.54, 1.807) is 0 Å². The zero-order valence-corrected chi connectivity index (χ0v) is 11.7. The van der Waals surface area contributed by atoms with Crippen molar-refractivity contribution in [2.75, 3.05) is 45.8 Å². The summed E-state index contributed by atoms with van der Waals surface area (Å²) in [4.78, 5) is 5.50. The van der Waals surface area contributed by atoms with E-state index in [0.29, 0.717) is 0 Å². The monoisotopic (exact) mass is 251 g/mol. The molecule has 18 heavy (non-hydrogen) atoms. The second-order valence-electron chi connectivity index (χ2n) is 6.42. The van der Waals surface area contributed by atoms with E-state index in [-0.39, 0.29) is 0 Å². The highest BCUT2D eigenvalue weighted by molar-refractivity contribution is 4.89. The van der Waals surface area contributed by atoms with Crippen molar-refractivity contribution in [3.8, 4) is 0 Å². The quantitative estimate of drug-likeness (QED) is 0.821. The lowest BCUT2D eigenvalue weighted by Crippen LogP contribution is -2.53. The van der Waals surface area contributed by atoms with Crippen LogP contribution in [0.2, 0.25) is 0 Å². The summed E-state index contributed by atoms with van der Waals surface area (Å²) in [6.45, 7) is 9.25. The fourth-order valence-electron chi connectivity index (χ4n) is 4.08. The van der Waals surface area contributed by atoms with Gasteiger partial charge in [0.1, 0.15) is 0 Å². The van der Waals surface area contributed by atoms with Crippen molar-refractivity contribution in [1.29, 1.82) is 0 Å². The number of hydrogen-bond donors (Lipinski definition) is 1. The van der Waals surface area contributed by atoms with E-state index in [2.05, 4.69) is 15.1 Å². The van der Waals surface area contributed by atoms with E-state index in [1.165, 1.54) is 84.3 Å². The summed E-state index contributed by atoms with van der Waals surface area (Å²) < 4.78 is 0. The van der Waals surface area contributed by atoms with Crippen molar-refractivity contribution in [2.45, 2.75) is 44.6 Å². The lowest BCUT2D eigenvalue weighted by molar-refractivity contribution is 0.0951. The first-order valence-electron chi connectivity index (χ1n) is 8.10. The number of hydrogen-bond acceptors (Lipinski definition) is 3. The van der Waals surface area contributed by atoms with Crippen molar-refractivity contribution in [3.05, 3.63) is 0 Å². The van der Waals surface area contributed by atoms with Crippen LogP contribution in [0.3, 0.4) is 0 Å². The summed E-state index contributed by atoms with van der Waals surface area (Å²) in [6, 6.07) is 0.822. The summed E-state index contributed by atoms with van der Waals surface area (Å²) >= 11 is 0. The van der Waals surface area contributed by atoms with Crippen LogP contribution in [0.4, 0.5) is 0 Å². The lowest BCUT2D eigenvalue weighted by atomic mass is 9.90. The lowest BCUT2D eigenvalue weighted by Gasteiger charge is -2.41. The van der Waals surface area contributed by atoms with Crippen LogP contribution in [-0.2, 0) is 0 Å². The third-order valence-electron chi connectivity index (χ3n) is 5.14. The largest absolute Gasteiger partial charge is 0.315 e.